The first-order valence-corrected chi connectivity index (χ1v) is 12.7. The van der Waals surface area contributed by atoms with Gasteiger partial charge in [-0.25, -0.2) is 0 Å². The highest BCUT2D eigenvalue weighted by Crippen LogP contribution is 2.54. The van der Waals surface area contributed by atoms with Crippen LogP contribution in [0.25, 0.3) is 11.1 Å². The van der Waals surface area contributed by atoms with E-state index < -0.39 is 41.2 Å². The number of hydrogen-bond acceptors (Lipinski definition) is 4. The Labute approximate surface area is 211 Å². The monoisotopic (exact) mass is 525 g/mol. The molecule has 2 atom stereocenters. The van der Waals surface area contributed by atoms with E-state index in [0.717, 1.165) is 22.6 Å². The predicted octanol–water partition coefficient (Wildman–Crippen LogP) is 6.57. The third kappa shape index (κ3) is 5.52. The van der Waals surface area contributed by atoms with Crippen molar-refractivity contribution in [2.75, 3.05) is 6.26 Å². The normalized spacial score (nSPS) is 16.8. The van der Waals surface area contributed by atoms with Gasteiger partial charge in [0.25, 0.3) is 0 Å². The zero-order valence-electron chi connectivity index (χ0n) is 20.2. The Morgan fingerprint density at radius 1 is 1.06 bits per heavy atom. The molecule has 194 valence electrons. The molecular formula is C26H28F5N3OS. The summed E-state index contributed by atoms with van der Waals surface area (Å²) in [5.74, 6) is -6.52. The van der Waals surface area contributed by atoms with Crippen LogP contribution in [0.1, 0.15) is 44.7 Å². The molecule has 1 amide bonds. The molecule has 2 aromatic carbocycles. The van der Waals surface area contributed by atoms with Gasteiger partial charge in [0.2, 0.25) is 5.91 Å². The Hall–Kier alpha value is -2.64. The fourth-order valence-corrected chi connectivity index (χ4v) is 4.62. The molecule has 1 aliphatic carbocycles. The van der Waals surface area contributed by atoms with Crippen molar-refractivity contribution in [2.45, 2.75) is 67.7 Å². The zero-order valence-corrected chi connectivity index (χ0v) is 21.0. The second kappa shape index (κ2) is 10.4. The molecule has 0 saturated heterocycles. The van der Waals surface area contributed by atoms with Crippen LogP contribution in [0.15, 0.2) is 53.4 Å². The average molecular weight is 526 g/mol. The van der Waals surface area contributed by atoms with E-state index in [4.69, 9.17) is 5.73 Å². The van der Waals surface area contributed by atoms with Crippen molar-refractivity contribution in [2.24, 2.45) is 11.7 Å². The zero-order chi connectivity index (χ0) is 26.9. The number of nitrogens with zero attached hydrogens (tertiary/aromatic N) is 2. The highest BCUT2D eigenvalue weighted by atomic mass is 32.2. The molecular weight excluding hydrogens is 497 g/mol. The molecule has 0 unspecified atom stereocenters. The Morgan fingerprint density at radius 3 is 1.94 bits per heavy atom. The van der Waals surface area contributed by atoms with Crippen molar-refractivity contribution >= 4 is 17.7 Å². The molecule has 0 radical (unpaired) electrons. The number of benzene rings is 2. The van der Waals surface area contributed by atoms with E-state index in [0.29, 0.717) is 10.5 Å². The van der Waals surface area contributed by atoms with Crippen molar-refractivity contribution < 1.29 is 26.7 Å². The van der Waals surface area contributed by atoms with Gasteiger partial charge in [-0.1, -0.05) is 50.2 Å². The van der Waals surface area contributed by atoms with Crippen LogP contribution in [0.3, 0.4) is 0 Å². The van der Waals surface area contributed by atoms with Crippen molar-refractivity contribution in [3.63, 3.8) is 0 Å². The fourth-order valence-electron chi connectivity index (χ4n) is 4.21. The maximum atomic E-state index is 15.1. The van der Waals surface area contributed by atoms with E-state index >= 15 is 8.78 Å². The van der Waals surface area contributed by atoms with Gasteiger partial charge in [-0.05, 0) is 60.3 Å². The number of nitrogens with two attached hydrogens (primary N) is 1. The minimum atomic E-state index is -5.96. The smallest absolute Gasteiger partial charge is 0.320 e. The summed E-state index contributed by atoms with van der Waals surface area (Å²) in [6.45, 7) is 3.50. The maximum absolute atomic E-state index is 15.1. The summed E-state index contributed by atoms with van der Waals surface area (Å²) in [5.41, 5.74) is 5.13. The van der Waals surface area contributed by atoms with E-state index in [9.17, 15) is 23.2 Å². The molecule has 0 aromatic heterocycles. The van der Waals surface area contributed by atoms with Crippen LogP contribution in [-0.2, 0) is 4.79 Å². The third-order valence-electron chi connectivity index (χ3n) is 6.30. The SMILES string of the molecule is CSc1ccc(-c2ccc([C@H](N(C(=O)[C@@H](N)CC(C)C)C3(C#N)CC3)C(F)(F)C(F)(F)F)cc2)cc1. The lowest BCUT2D eigenvalue weighted by molar-refractivity contribution is -0.305. The first-order chi connectivity index (χ1) is 16.8. The lowest BCUT2D eigenvalue weighted by Gasteiger charge is -2.41. The molecule has 2 aromatic rings. The standard InChI is InChI=1S/C26H28F5N3OS/c1-16(2)14-21(33)23(35)34(24(15-32)12-13-24)22(25(27,28)26(29,30)31)19-6-4-17(5-7-19)18-8-10-20(36-3)11-9-18/h4-11,16,21-22H,12-14,33H2,1-3H3/t21-,22-/m0/s1. The number of rotatable bonds is 9. The topological polar surface area (TPSA) is 70.1 Å². The van der Waals surface area contributed by atoms with E-state index in [1.807, 2.05) is 36.6 Å². The lowest BCUT2D eigenvalue weighted by Crippen LogP contribution is -2.58. The van der Waals surface area contributed by atoms with Crippen molar-refractivity contribution in [1.82, 2.24) is 4.90 Å². The van der Waals surface area contributed by atoms with Crippen LogP contribution in [0, 0.1) is 17.2 Å². The molecule has 0 heterocycles. The Morgan fingerprint density at radius 2 is 1.56 bits per heavy atom. The van der Waals surface area contributed by atoms with Gasteiger partial charge in [0.1, 0.15) is 11.6 Å². The molecule has 1 aliphatic rings. The highest BCUT2D eigenvalue weighted by molar-refractivity contribution is 7.98. The van der Waals surface area contributed by atoms with Gasteiger partial charge in [-0.2, -0.15) is 27.2 Å². The van der Waals surface area contributed by atoms with Gasteiger partial charge in [0.05, 0.1) is 12.1 Å². The Kier molecular flexibility index (Phi) is 8.06. The summed E-state index contributed by atoms with van der Waals surface area (Å²) in [4.78, 5) is 14.7. The molecule has 2 N–H and O–H groups in total. The van der Waals surface area contributed by atoms with Crippen LogP contribution in [0.4, 0.5) is 22.0 Å². The Bertz CT molecular complexity index is 1110. The molecule has 0 spiro atoms. The predicted molar refractivity (Wildman–Crippen MR) is 129 cm³/mol. The maximum Gasteiger partial charge on any atom is 0.455 e. The molecule has 36 heavy (non-hydrogen) atoms. The number of halogens is 5. The minimum Gasteiger partial charge on any atom is -0.320 e. The molecule has 1 fully saturated rings. The largest absolute Gasteiger partial charge is 0.455 e. The second-order valence-corrected chi connectivity index (χ2v) is 10.3. The number of alkyl halides is 5. The van der Waals surface area contributed by atoms with Crippen molar-refractivity contribution in [3.8, 4) is 17.2 Å². The van der Waals surface area contributed by atoms with Gasteiger partial charge in [-0.15, -0.1) is 11.8 Å². The summed E-state index contributed by atoms with van der Waals surface area (Å²) >= 11 is 1.54. The summed E-state index contributed by atoms with van der Waals surface area (Å²) in [5, 5.41) is 9.73. The van der Waals surface area contributed by atoms with E-state index in [1.54, 1.807) is 25.6 Å². The second-order valence-electron chi connectivity index (χ2n) is 9.46. The quantitative estimate of drug-likeness (QED) is 0.297. The molecule has 0 aliphatic heterocycles. The van der Waals surface area contributed by atoms with Crippen LogP contribution < -0.4 is 5.73 Å². The first-order valence-electron chi connectivity index (χ1n) is 11.5. The summed E-state index contributed by atoms with van der Waals surface area (Å²) in [6, 6.07) is 10.3. The molecule has 1 saturated carbocycles. The van der Waals surface area contributed by atoms with Gasteiger partial charge in [-0.3, -0.25) is 4.79 Å². The van der Waals surface area contributed by atoms with Crippen LogP contribution >= 0.6 is 11.8 Å². The molecule has 4 nitrogen and oxygen atoms in total. The number of hydrogen-bond donors (Lipinski definition) is 1. The number of nitriles is 1. The van der Waals surface area contributed by atoms with Crippen molar-refractivity contribution in [1.29, 1.82) is 5.26 Å². The molecule has 0 bridgehead atoms. The minimum absolute atomic E-state index is 0.00600. The van der Waals surface area contributed by atoms with Crippen molar-refractivity contribution in [3.05, 3.63) is 54.1 Å². The van der Waals surface area contributed by atoms with E-state index in [2.05, 4.69) is 0 Å². The van der Waals surface area contributed by atoms with Gasteiger partial charge < -0.3 is 10.6 Å². The summed E-state index contributed by atoms with van der Waals surface area (Å²) < 4.78 is 71.5. The first kappa shape index (κ1) is 27.9. The van der Waals surface area contributed by atoms with Gasteiger partial charge in [0.15, 0.2) is 0 Å². The number of carbonyl (C=O) groups excluding carboxylic acids is 1. The molecule has 3 rings (SSSR count). The van der Waals surface area contributed by atoms with Gasteiger partial charge in [0, 0.05) is 4.90 Å². The van der Waals surface area contributed by atoms with E-state index in [-0.39, 0.29) is 25.2 Å². The van der Waals surface area contributed by atoms with Crippen LogP contribution in [0.2, 0.25) is 0 Å². The summed E-state index contributed by atoms with van der Waals surface area (Å²) in [7, 11) is 0. The number of amides is 1. The average Bonchev–Trinajstić information content (AvgIpc) is 3.62. The third-order valence-corrected chi connectivity index (χ3v) is 7.05. The summed E-state index contributed by atoms with van der Waals surface area (Å²) in [6.07, 6.45) is -3.98. The van der Waals surface area contributed by atoms with Crippen LogP contribution in [0.5, 0.6) is 0 Å². The number of thioether (sulfide) groups is 1. The molecule has 10 heteroatoms. The highest BCUT2D eigenvalue weighted by Gasteiger charge is 2.69. The number of carbonyl (C=O) groups is 1. The van der Waals surface area contributed by atoms with Crippen LogP contribution in [-0.4, -0.2) is 40.7 Å². The van der Waals surface area contributed by atoms with E-state index in [1.165, 1.54) is 12.1 Å². The Balaban J connectivity index is 2.12. The fraction of sp³-hybridized carbons (Fsp3) is 0.462. The lowest BCUT2D eigenvalue weighted by atomic mass is 9.92. The van der Waals surface area contributed by atoms with Gasteiger partial charge >= 0.3 is 12.1 Å².